The van der Waals surface area contributed by atoms with Crippen molar-refractivity contribution in [2.45, 2.75) is 39.5 Å². The summed E-state index contributed by atoms with van der Waals surface area (Å²) in [7, 11) is 1.80. The predicted octanol–water partition coefficient (Wildman–Crippen LogP) is 1.43. The molecule has 1 rings (SSSR count). The number of carboxylic acids is 1. The lowest BCUT2D eigenvalue weighted by molar-refractivity contribution is -0.152. The normalized spacial score (nSPS) is 19.1. The van der Waals surface area contributed by atoms with Crippen LogP contribution in [-0.2, 0) is 9.59 Å². The molecule has 0 aromatic heterocycles. The van der Waals surface area contributed by atoms with E-state index in [4.69, 9.17) is 0 Å². The van der Waals surface area contributed by atoms with Gasteiger partial charge in [0.1, 0.15) is 0 Å². The van der Waals surface area contributed by atoms with Crippen molar-refractivity contribution in [1.82, 2.24) is 9.80 Å². The Morgan fingerprint density at radius 1 is 1.26 bits per heavy atom. The number of hydrogen-bond donors (Lipinski definition) is 1. The van der Waals surface area contributed by atoms with Crippen molar-refractivity contribution in [1.29, 1.82) is 0 Å². The third-order valence-corrected chi connectivity index (χ3v) is 4.25. The van der Waals surface area contributed by atoms with Crippen LogP contribution in [0.2, 0.25) is 0 Å². The molecule has 5 heteroatoms. The lowest BCUT2D eigenvalue weighted by Gasteiger charge is -2.38. The van der Waals surface area contributed by atoms with Crippen LogP contribution in [0.4, 0.5) is 0 Å². The Balaban J connectivity index is 2.52. The van der Waals surface area contributed by atoms with Crippen molar-refractivity contribution in [3.05, 3.63) is 0 Å². The molecule has 0 atom stereocenters. The van der Waals surface area contributed by atoms with Gasteiger partial charge in [0.05, 0.1) is 12.0 Å². The molecule has 0 bridgehead atoms. The Morgan fingerprint density at radius 2 is 1.84 bits per heavy atom. The van der Waals surface area contributed by atoms with E-state index in [9.17, 15) is 14.7 Å². The maximum atomic E-state index is 11.8. The van der Waals surface area contributed by atoms with E-state index in [2.05, 4.69) is 4.90 Å². The van der Waals surface area contributed by atoms with Crippen molar-refractivity contribution < 1.29 is 14.7 Å². The van der Waals surface area contributed by atoms with Crippen molar-refractivity contribution in [3.8, 4) is 0 Å². The smallest absolute Gasteiger partial charge is 0.309 e. The molecule has 0 radical (unpaired) electrons. The van der Waals surface area contributed by atoms with Gasteiger partial charge in [-0.2, -0.15) is 0 Å². The van der Waals surface area contributed by atoms with Crippen molar-refractivity contribution in [2.75, 3.05) is 33.2 Å². The van der Waals surface area contributed by atoms with E-state index in [1.807, 2.05) is 13.8 Å². The van der Waals surface area contributed by atoms with E-state index in [0.717, 1.165) is 12.8 Å². The summed E-state index contributed by atoms with van der Waals surface area (Å²) in [5.41, 5.74) is -0.565. The van der Waals surface area contributed by atoms with Gasteiger partial charge in [-0.3, -0.25) is 14.5 Å². The first-order valence-corrected chi connectivity index (χ1v) is 7.15. The first kappa shape index (κ1) is 16.0. The minimum Gasteiger partial charge on any atom is -0.481 e. The van der Waals surface area contributed by atoms with Gasteiger partial charge >= 0.3 is 5.97 Å². The van der Waals surface area contributed by atoms with Gasteiger partial charge in [0.15, 0.2) is 0 Å². The van der Waals surface area contributed by atoms with Gasteiger partial charge in [-0.1, -0.05) is 13.3 Å². The average molecular weight is 270 g/mol. The van der Waals surface area contributed by atoms with E-state index in [-0.39, 0.29) is 5.91 Å². The van der Waals surface area contributed by atoms with Crippen LogP contribution in [0.15, 0.2) is 0 Å². The summed E-state index contributed by atoms with van der Waals surface area (Å²) in [6.07, 6.45) is 2.93. The predicted molar refractivity (Wildman–Crippen MR) is 74.0 cm³/mol. The number of likely N-dealkylation sites (tertiary alicyclic amines) is 1. The third-order valence-electron chi connectivity index (χ3n) is 4.25. The minimum atomic E-state index is -0.675. The Morgan fingerprint density at radius 3 is 2.26 bits per heavy atom. The fourth-order valence-corrected chi connectivity index (χ4v) is 2.68. The van der Waals surface area contributed by atoms with E-state index >= 15 is 0 Å². The molecule has 1 aliphatic rings. The summed E-state index contributed by atoms with van der Waals surface area (Å²) in [4.78, 5) is 27.1. The lowest BCUT2D eigenvalue weighted by Crippen LogP contribution is -2.47. The summed E-state index contributed by atoms with van der Waals surface area (Å²) < 4.78 is 0. The van der Waals surface area contributed by atoms with E-state index in [1.165, 1.54) is 0 Å². The third kappa shape index (κ3) is 3.93. The molecule has 110 valence electrons. The second-order valence-corrected chi connectivity index (χ2v) is 5.52. The number of nitrogens with zero attached hydrogens (tertiary/aromatic N) is 2. The summed E-state index contributed by atoms with van der Waals surface area (Å²) in [6.45, 7) is 6.50. The second-order valence-electron chi connectivity index (χ2n) is 5.52. The van der Waals surface area contributed by atoms with Crippen molar-refractivity contribution >= 4 is 11.9 Å². The summed E-state index contributed by atoms with van der Waals surface area (Å²) in [5.74, 6) is -0.563. The van der Waals surface area contributed by atoms with E-state index in [0.29, 0.717) is 39.0 Å². The standard InChI is InChI=1S/C14H26N2O3/c1-4-6-14(13(18)19)7-9-16(10-8-14)11-12(17)15(3)5-2/h4-11H2,1-3H3,(H,18,19). The van der Waals surface area contributed by atoms with Crippen molar-refractivity contribution in [3.63, 3.8) is 0 Å². The molecule has 19 heavy (non-hydrogen) atoms. The number of hydrogen-bond acceptors (Lipinski definition) is 3. The Hall–Kier alpha value is -1.10. The number of piperidine rings is 1. The zero-order valence-electron chi connectivity index (χ0n) is 12.3. The molecule has 1 N–H and O–H groups in total. The van der Waals surface area contributed by atoms with Crippen LogP contribution in [0.5, 0.6) is 0 Å². The number of rotatable bonds is 6. The molecule has 1 aliphatic heterocycles. The van der Waals surface area contributed by atoms with Crippen LogP contribution in [0.1, 0.15) is 39.5 Å². The van der Waals surface area contributed by atoms with Gasteiger partial charge in [-0.05, 0) is 39.3 Å². The monoisotopic (exact) mass is 270 g/mol. The van der Waals surface area contributed by atoms with Crippen LogP contribution in [-0.4, -0.2) is 60.0 Å². The maximum absolute atomic E-state index is 11.8. The summed E-state index contributed by atoms with van der Waals surface area (Å²) >= 11 is 0. The molecular weight excluding hydrogens is 244 g/mol. The number of aliphatic carboxylic acids is 1. The van der Waals surface area contributed by atoms with E-state index in [1.54, 1.807) is 11.9 Å². The number of carbonyl (C=O) groups is 2. The zero-order chi connectivity index (χ0) is 14.5. The molecule has 1 fully saturated rings. The molecule has 0 saturated carbocycles. The number of carbonyl (C=O) groups excluding carboxylic acids is 1. The quantitative estimate of drug-likeness (QED) is 0.793. The van der Waals surface area contributed by atoms with Crippen LogP contribution in [0.3, 0.4) is 0 Å². The molecule has 0 aromatic rings. The highest BCUT2D eigenvalue weighted by molar-refractivity contribution is 5.78. The molecule has 0 aliphatic carbocycles. The van der Waals surface area contributed by atoms with Gasteiger partial charge < -0.3 is 10.0 Å². The zero-order valence-corrected chi connectivity index (χ0v) is 12.3. The highest BCUT2D eigenvalue weighted by Crippen LogP contribution is 2.36. The summed E-state index contributed by atoms with van der Waals surface area (Å²) in [5, 5.41) is 9.42. The molecule has 1 amide bonds. The van der Waals surface area contributed by atoms with Gasteiger partial charge in [0.25, 0.3) is 0 Å². The first-order valence-electron chi connectivity index (χ1n) is 7.15. The average Bonchev–Trinajstić information content (AvgIpc) is 2.40. The Bertz CT molecular complexity index is 323. The fourth-order valence-electron chi connectivity index (χ4n) is 2.68. The SMILES string of the molecule is CCCC1(C(=O)O)CCN(CC(=O)N(C)CC)CC1. The Kier molecular flexibility index (Phi) is 5.79. The number of carboxylic acid groups (broad SMARTS) is 1. The number of amides is 1. The minimum absolute atomic E-state index is 0.112. The van der Waals surface area contributed by atoms with Gasteiger partial charge in [0.2, 0.25) is 5.91 Å². The lowest BCUT2D eigenvalue weighted by atomic mass is 9.75. The van der Waals surface area contributed by atoms with Gasteiger partial charge in [-0.15, -0.1) is 0 Å². The van der Waals surface area contributed by atoms with Crippen LogP contribution in [0, 0.1) is 5.41 Å². The maximum Gasteiger partial charge on any atom is 0.309 e. The molecule has 1 saturated heterocycles. The highest BCUT2D eigenvalue weighted by Gasteiger charge is 2.40. The Labute approximate surface area is 115 Å². The second kappa shape index (κ2) is 6.89. The van der Waals surface area contributed by atoms with Crippen LogP contribution < -0.4 is 0 Å². The molecule has 0 spiro atoms. The number of likely N-dealkylation sites (N-methyl/N-ethyl adjacent to an activating group) is 1. The van der Waals surface area contributed by atoms with Crippen LogP contribution >= 0.6 is 0 Å². The largest absolute Gasteiger partial charge is 0.481 e. The molecule has 0 unspecified atom stereocenters. The molecule has 5 nitrogen and oxygen atoms in total. The topological polar surface area (TPSA) is 60.9 Å². The first-order chi connectivity index (χ1) is 8.95. The fraction of sp³-hybridized carbons (Fsp3) is 0.857. The van der Waals surface area contributed by atoms with Crippen molar-refractivity contribution in [2.24, 2.45) is 5.41 Å². The summed E-state index contributed by atoms with van der Waals surface area (Å²) in [6, 6.07) is 0. The molecule has 0 aromatic carbocycles. The van der Waals surface area contributed by atoms with Crippen LogP contribution in [0.25, 0.3) is 0 Å². The van der Waals surface area contributed by atoms with E-state index < -0.39 is 11.4 Å². The molecule has 1 heterocycles. The molecular formula is C14H26N2O3. The van der Waals surface area contributed by atoms with Gasteiger partial charge in [-0.25, -0.2) is 0 Å². The van der Waals surface area contributed by atoms with Gasteiger partial charge in [0, 0.05) is 13.6 Å². The highest BCUT2D eigenvalue weighted by atomic mass is 16.4.